The number of aromatic amines is 1. The number of anilines is 2. The summed E-state index contributed by atoms with van der Waals surface area (Å²) in [5, 5.41) is 8.09. The zero-order valence-corrected chi connectivity index (χ0v) is 17.4. The molecule has 3 aromatic heterocycles. The highest BCUT2D eigenvalue weighted by Gasteiger charge is 2.23. The first-order valence-electron chi connectivity index (χ1n) is 10.9. The lowest BCUT2D eigenvalue weighted by molar-refractivity contribution is 0.0856. The molecule has 0 aliphatic carbocycles. The minimum Gasteiger partial charge on any atom is -0.381 e. The third-order valence-electron chi connectivity index (χ3n) is 6.16. The summed E-state index contributed by atoms with van der Waals surface area (Å²) in [6.07, 6.45) is 5.77. The van der Waals surface area contributed by atoms with Gasteiger partial charge in [-0.25, -0.2) is 15.0 Å². The maximum atomic E-state index is 5.55. The number of aromatic nitrogens is 4. The van der Waals surface area contributed by atoms with Crippen molar-refractivity contribution in [3.8, 4) is 0 Å². The Morgan fingerprint density at radius 3 is 2.83 bits per heavy atom. The van der Waals surface area contributed by atoms with Crippen LogP contribution in [0.4, 0.5) is 11.6 Å². The lowest BCUT2D eigenvalue weighted by atomic mass is 9.92. The van der Waals surface area contributed by atoms with E-state index in [0.717, 1.165) is 80.6 Å². The van der Waals surface area contributed by atoms with Gasteiger partial charge in [0, 0.05) is 45.6 Å². The Morgan fingerprint density at radius 1 is 1.17 bits per heavy atom. The first-order valence-corrected chi connectivity index (χ1v) is 10.9. The smallest absolute Gasteiger partial charge is 0.143 e. The minimum absolute atomic E-state index is 0.0309. The average molecular weight is 408 g/mol. The molecule has 0 amide bonds. The molecule has 8 heteroatoms. The molecule has 0 spiro atoms. The van der Waals surface area contributed by atoms with Gasteiger partial charge in [0.25, 0.3) is 0 Å². The molecule has 0 bridgehead atoms. The van der Waals surface area contributed by atoms with Gasteiger partial charge in [0.15, 0.2) is 0 Å². The molecular formula is C22H29N7O. The summed E-state index contributed by atoms with van der Waals surface area (Å²) < 4.78 is 5.55. The lowest BCUT2D eigenvalue weighted by Gasteiger charge is -2.29. The molecule has 2 saturated heterocycles. The highest BCUT2D eigenvalue weighted by atomic mass is 16.5. The van der Waals surface area contributed by atoms with E-state index in [2.05, 4.69) is 61.8 Å². The van der Waals surface area contributed by atoms with Gasteiger partial charge < -0.3 is 25.3 Å². The number of pyridine rings is 1. The summed E-state index contributed by atoms with van der Waals surface area (Å²) in [6.45, 7) is 7.74. The number of rotatable bonds is 5. The number of piperazine rings is 1. The van der Waals surface area contributed by atoms with E-state index in [4.69, 9.17) is 9.72 Å². The van der Waals surface area contributed by atoms with Crippen LogP contribution in [0.15, 0.2) is 30.7 Å². The van der Waals surface area contributed by atoms with Crippen molar-refractivity contribution in [2.24, 2.45) is 0 Å². The Bertz CT molecular complexity index is 992. The number of nitrogens with one attached hydrogen (secondary N) is 3. The maximum Gasteiger partial charge on any atom is 0.143 e. The average Bonchev–Trinajstić information content (AvgIpc) is 3.26. The van der Waals surface area contributed by atoms with Crippen LogP contribution in [-0.2, 0) is 4.74 Å². The van der Waals surface area contributed by atoms with Gasteiger partial charge in [0.05, 0.1) is 17.1 Å². The molecule has 0 aromatic carbocycles. The molecule has 1 atom stereocenters. The standard InChI is InChI=1S/C22H29N7O/c1-15(18-3-2-4-19(28-18)29-9-7-23-8-10-29)27-22-20-17(16-5-11-30-12-6-16)13-24-21(20)25-14-26-22/h2-4,13-16,23H,5-12H2,1H3,(H2,24,25,26,27)/t15-/m0/s1. The van der Waals surface area contributed by atoms with Gasteiger partial charge >= 0.3 is 0 Å². The molecule has 3 aromatic rings. The molecule has 5 heterocycles. The Hall–Kier alpha value is -2.71. The fourth-order valence-electron chi connectivity index (χ4n) is 4.46. The maximum absolute atomic E-state index is 5.55. The molecule has 2 fully saturated rings. The molecule has 158 valence electrons. The number of hydrogen-bond acceptors (Lipinski definition) is 7. The number of fused-ring (bicyclic) bond motifs is 1. The molecule has 2 aliphatic heterocycles. The van der Waals surface area contributed by atoms with Crippen molar-refractivity contribution < 1.29 is 4.74 Å². The van der Waals surface area contributed by atoms with Gasteiger partial charge in [-0.2, -0.15) is 0 Å². The number of hydrogen-bond donors (Lipinski definition) is 3. The van der Waals surface area contributed by atoms with Gasteiger partial charge in [0.1, 0.15) is 23.6 Å². The highest BCUT2D eigenvalue weighted by molar-refractivity contribution is 5.91. The van der Waals surface area contributed by atoms with Crippen LogP contribution in [0.2, 0.25) is 0 Å². The van der Waals surface area contributed by atoms with Crippen molar-refractivity contribution >= 4 is 22.7 Å². The van der Waals surface area contributed by atoms with E-state index in [0.29, 0.717) is 5.92 Å². The van der Waals surface area contributed by atoms with Gasteiger partial charge in [-0.1, -0.05) is 6.07 Å². The SMILES string of the molecule is C[C@H](Nc1ncnc2[nH]cc(C3CCOCC3)c12)c1cccc(N2CCNCC2)n1. The van der Waals surface area contributed by atoms with Crippen LogP contribution >= 0.6 is 0 Å². The Balaban J connectivity index is 1.41. The summed E-state index contributed by atoms with van der Waals surface area (Å²) >= 11 is 0. The fourth-order valence-corrected chi connectivity index (χ4v) is 4.46. The second-order valence-corrected chi connectivity index (χ2v) is 8.10. The summed E-state index contributed by atoms with van der Waals surface area (Å²) in [6, 6.07) is 6.30. The van der Waals surface area contributed by atoms with E-state index in [-0.39, 0.29) is 6.04 Å². The summed E-state index contributed by atoms with van der Waals surface area (Å²) in [5.41, 5.74) is 3.18. The second kappa shape index (κ2) is 8.57. The van der Waals surface area contributed by atoms with Gasteiger partial charge in [-0.05, 0) is 43.4 Å². The summed E-state index contributed by atoms with van der Waals surface area (Å²) in [7, 11) is 0. The van der Waals surface area contributed by atoms with Crippen molar-refractivity contribution in [2.45, 2.75) is 31.7 Å². The van der Waals surface area contributed by atoms with Crippen LogP contribution in [0.25, 0.3) is 11.0 Å². The molecule has 5 rings (SSSR count). The van der Waals surface area contributed by atoms with E-state index in [1.807, 2.05) is 0 Å². The predicted molar refractivity (Wildman–Crippen MR) is 118 cm³/mol. The van der Waals surface area contributed by atoms with Crippen LogP contribution < -0.4 is 15.5 Å². The van der Waals surface area contributed by atoms with Crippen LogP contribution in [-0.4, -0.2) is 59.3 Å². The van der Waals surface area contributed by atoms with Gasteiger partial charge in [0.2, 0.25) is 0 Å². The molecule has 8 nitrogen and oxygen atoms in total. The van der Waals surface area contributed by atoms with Crippen LogP contribution in [0, 0.1) is 0 Å². The number of ether oxygens (including phenoxy) is 1. The van der Waals surface area contributed by atoms with E-state index in [1.165, 1.54) is 5.56 Å². The van der Waals surface area contributed by atoms with E-state index < -0.39 is 0 Å². The van der Waals surface area contributed by atoms with Crippen LogP contribution in [0.1, 0.15) is 43.0 Å². The topological polar surface area (TPSA) is 91.0 Å². The quantitative estimate of drug-likeness (QED) is 0.599. The molecular weight excluding hydrogens is 378 g/mol. The molecule has 3 N–H and O–H groups in total. The zero-order valence-electron chi connectivity index (χ0n) is 17.4. The Labute approximate surface area is 176 Å². The highest BCUT2D eigenvalue weighted by Crippen LogP contribution is 2.35. The first-order chi connectivity index (χ1) is 14.8. The molecule has 0 unspecified atom stereocenters. The number of nitrogens with zero attached hydrogens (tertiary/aromatic N) is 4. The number of H-pyrrole nitrogens is 1. The minimum atomic E-state index is 0.0309. The molecule has 30 heavy (non-hydrogen) atoms. The Kier molecular flexibility index (Phi) is 5.50. The second-order valence-electron chi connectivity index (χ2n) is 8.10. The molecule has 0 radical (unpaired) electrons. The van der Waals surface area contributed by atoms with Crippen LogP contribution in [0.5, 0.6) is 0 Å². The van der Waals surface area contributed by atoms with Crippen molar-refractivity contribution in [3.05, 3.63) is 42.0 Å². The van der Waals surface area contributed by atoms with E-state index >= 15 is 0 Å². The summed E-state index contributed by atoms with van der Waals surface area (Å²) in [4.78, 5) is 19.6. The monoisotopic (exact) mass is 407 g/mol. The fraction of sp³-hybridized carbons (Fsp3) is 0.500. The van der Waals surface area contributed by atoms with Crippen molar-refractivity contribution in [3.63, 3.8) is 0 Å². The summed E-state index contributed by atoms with van der Waals surface area (Å²) in [5.74, 6) is 2.38. The van der Waals surface area contributed by atoms with E-state index in [1.54, 1.807) is 6.33 Å². The largest absolute Gasteiger partial charge is 0.381 e. The third-order valence-corrected chi connectivity index (χ3v) is 6.16. The lowest BCUT2D eigenvalue weighted by Crippen LogP contribution is -2.44. The van der Waals surface area contributed by atoms with Gasteiger partial charge in [-0.15, -0.1) is 0 Å². The molecule has 2 aliphatic rings. The third kappa shape index (κ3) is 3.85. The normalized spacial score (nSPS) is 19.2. The predicted octanol–water partition coefficient (Wildman–Crippen LogP) is 2.83. The van der Waals surface area contributed by atoms with Crippen LogP contribution in [0.3, 0.4) is 0 Å². The van der Waals surface area contributed by atoms with Gasteiger partial charge in [-0.3, -0.25) is 0 Å². The van der Waals surface area contributed by atoms with Crippen molar-refractivity contribution in [2.75, 3.05) is 49.6 Å². The van der Waals surface area contributed by atoms with E-state index in [9.17, 15) is 0 Å². The van der Waals surface area contributed by atoms with Crippen molar-refractivity contribution in [1.29, 1.82) is 0 Å². The van der Waals surface area contributed by atoms with Crippen molar-refractivity contribution in [1.82, 2.24) is 25.3 Å². The molecule has 0 saturated carbocycles. The first kappa shape index (κ1) is 19.3. The Morgan fingerprint density at radius 2 is 2.00 bits per heavy atom. The zero-order chi connectivity index (χ0) is 20.3.